The molecule has 0 spiro atoms. The smallest absolute Gasteiger partial charge is 0.226 e. The van der Waals surface area contributed by atoms with Gasteiger partial charge in [0.05, 0.1) is 7.11 Å². The Morgan fingerprint density at radius 1 is 0.966 bits per heavy atom. The highest BCUT2D eigenvalue weighted by atomic mass is 16.5. The lowest BCUT2D eigenvalue weighted by Crippen LogP contribution is -2.11. The Balaban J connectivity index is 1.64. The van der Waals surface area contributed by atoms with E-state index >= 15 is 0 Å². The molecule has 0 atom stereocenters. The minimum atomic E-state index is 0.583. The van der Waals surface area contributed by atoms with Crippen molar-refractivity contribution in [2.45, 2.75) is 13.3 Å². The van der Waals surface area contributed by atoms with Gasteiger partial charge in [-0.05, 0) is 43.2 Å². The molecule has 4 rings (SSSR count). The van der Waals surface area contributed by atoms with Crippen LogP contribution in [0.5, 0.6) is 5.75 Å². The van der Waals surface area contributed by atoms with E-state index < -0.39 is 0 Å². The fraction of sp³-hybridized carbons (Fsp3) is 0.227. The second kappa shape index (κ2) is 8.60. The number of fused-ring (bicyclic) bond motifs is 1. The highest BCUT2D eigenvalue weighted by Gasteiger charge is 2.14. The predicted molar refractivity (Wildman–Crippen MR) is 116 cm³/mol. The molecule has 7 nitrogen and oxygen atoms in total. The first-order valence-electron chi connectivity index (χ1n) is 9.69. The molecule has 2 N–H and O–H groups in total. The van der Waals surface area contributed by atoms with Crippen LogP contribution in [0.2, 0.25) is 0 Å². The quantitative estimate of drug-likeness (QED) is 0.477. The van der Waals surface area contributed by atoms with Crippen LogP contribution >= 0.6 is 0 Å². The van der Waals surface area contributed by atoms with Crippen molar-refractivity contribution in [1.82, 2.24) is 19.5 Å². The number of anilines is 2. The van der Waals surface area contributed by atoms with E-state index in [4.69, 9.17) is 9.72 Å². The minimum Gasteiger partial charge on any atom is -0.497 e. The Morgan fingerprint density at radius 3 is 2.48 bits per heavy atom. The summed E-state index contributed by atoms with van der Waals surface area (Å²) >= 11 is 0. The fourth-order valence-electron chi connectivity index (χ4n) is 3.16. The van der Waals surface area contributed by atoms with Gasteiger partial charge in [0.25, 0.3) is 0 Å². The zero-order chi connectivity index (χ0) is 20.1. The third-order valence-electron chi connectivity index (χ3n) is 4.63. The average Bonchev–Trinajstić information content (AvgIpc) is 3.19. The lowest BCUT2D eigenvalue weighted by Gasteiger charge is -2.10. The molecule has 0 amide bonds. The molecule has 29 heavy (non-hydrogen) atoms. The van der Waals surface area contributed by atoms with Gasteiger partial charge in [0.2, 0.25) is 5.95 Å². The van der Waals surface area contributed by atoms with Gasteiger partial charge in [-0.3, -0.25) is 4.57 Å². The molecule has 0 saturated heterocycles. The van der Waals surface area contributed by atoms with Crippen LogP contribution in [0.15, 0.2) is 60.9 Å². The van der Waals surface area contributed by atoms with Gasteiger partial charge in [-0.25, -0.2) is 4.98 Å². The zero-order valence-corrected chi connectivity index (χ0v) is 16.6. The number of rotatable bonds is 8. The first-order chi connectivity index (χ1) is 14.3. The molecule has 0 fully saturated rings. The van der Waals surface area contributed by atoms with E-state index in [2.05, 4.69) is 44.9 Å². The topological polar surface area (TPSA) is 76.9 Å². The molecule has 148 valence electrons. The van der Waals surface area contributed by atoms with Gasteiger partial charge in [0.1, 0.15) is 12.1 Å². The molecule has 2 aromatic heterocycles. The van der Waals surface area contributed by atoms with Crippen molar-refractivity contribution >= 4 is 22.9 Å². The summed E-state index contributed by atoms with van der Waals surface area (Å²) in [6, 6.07) is 18.2. The highest BCUT2D eigenvalue weighted by molar-refractivity contribution is 5.85. The molecule has 0 saturated carbocycles. The maximum atomic E-state index is 5.25. The van der Waals surface area contributed by atoms with Gasteiger partial charge in [-0.2, -0.15) is 9.97 Å². The van der Waals surface area contributed by atoms with Crippen LogP contribution in [0.25, 0.3) is 16.9 Å². The number of imidazole rings is 1. The monoisotopic (exact) mass is 388 g/mol. The molecule has 2 heterocycles. The second-order valence-corrected chi connectivity index (χ2v) is 6.57. The molecular formula is C22H24N6O. The molecule has 0 bridgehead atoms. The van der Waals surface area contributed by atoms with Gasteiger partial charge in [0, 0.05) is 18.8 Å². The van der Waals surface area contributed by atoms with Gasteiger partial charge < -0.3 is 15.4 Å². The standard InChI is InChI=1S/C22H24N6O/c1-3-23-20-19-21(28(15-25-19)17-9-11-18(29-2)12-10-17)27-22(26-20)24-14-13-16-7-5-4-6-8-16/h4-12,15H,3,13-14H2,1-2H3,(H2,23,24,26,27). The zero-order valence-electron chi connectivity index (χ0n) is 16.6. The molecule has 0 unspecified atom stereocenters. The van der Waals surface area contributed by atoms with Crippen molar-refractivity contribution in [3.8, 4) is 11.4 Å². The van der Waals surface area contributed by atoms with E-state index in [1.54, 1.807) is 13.4 Å². The number of benzene rings is 2. The molecule has 0 aliphatic rings. The summed E-state index contributed by atoms with van der Waals surface area (Å²) in [6.45, 7) is 3.54. The lowest BCUT2D eigenvalue weighted by atomic mass is 10.1. The number of aromatic nitrogens is 4. The Kier molecular flexibility index (Phi) is 5.56. The van der Waals surface area contributed by atoms with Crippen LogP contribution in [-0.4, -0.2) is 39.7 Å². The maximum absolute atomic E-state index is 5.25. The summed E-state index contributed by atoms with van der Waals surface area (Å²) < 4.78 is 7.21. The van der Waals surface area contributed by atoms with Crippen LogP contribution in [0.4, 0.5) is 11.8 Å². The van der Waals surface area contributed by atoms with Crippen LogP contribution < -0.4 is 15.4 Å². The van der Waals surface area contributed by atoms with Crippen molar-refractivity contribution in [2.75, 3.05) is 30.8 Å². The maximum Gasteiger partial charge on any atom is 0.226 e. The van der Waals surface area contributed by atoms with Crippen LogP contribution in [-0.2, 0) is 6.42 Å². The summed E-state index contributed by atoms with van der Waals surface area (Å²) in [5.74, 6) is 2.12. The van der Waals surface area contributed by atoms with Crippen molar-refractivity contribution in [1.29, 1.82) is 0 Å². The van der Waals surface area contributed by atoms with E-state index in [0.717, 1.165) is 47.9 Å². The van der Waals surface area contributed by atoms with Gasteiger partial charge >= 0.3 is 0 Å². The third kappa shape index (κ3) is 4.13. The molecular weight excluding hydrogens is 364 g/mol. The summed E-state index contributed by atoms with van der Waals surface area (Å²) in [5.41, 5.74) is 3.74. The number of hydrogen-bond donors (Lipinski definition) is 2. The average molecular weight is 388 g/mol. The van der Waals surface area contributed by atoms with Crippen molar-refractivity contribution in [2.24, 2.45) is 0 Å². The number of methoxy groups -OCH3 is 1. The van der Waals surface area contributed by atoms with Crippen molar-refractivity contribution in [3.63, 3.8) is 0 Å². The number of ether oxygens (including phenoxy) is 1. The largest absolute Gasteiger partial charge is 0.497 e. The van der Waals surface area contributed by atoms with E-state index in [-0.39, 0.29) is 0 Å². The molecule has 0 aliphatic heterocycles. The first-order valence-corrected chi connectivity index (χ1v) is 9.69. The van der Waals surface area contributed by atoms with Crippen molar-refractivity contribution < 1.29 is 4.74 Å². The third-order valence-corrected chi connectivity index (χ3v) is 4.63. The summed E-state index contributed by atoms with van der Waals surface area (Å²) in [5, 5.41) is 6.64. The number of nitrogens with zero attached hydrogens (tertiary/aromatic N) is 4. The molecule has 0 radical (unpaired) electrons. The molecule has 2 aromatic carbocycles. The van der Waals surface area contributed by atoms with Crippen LogP contribution in [0.3, 0.4) is 0 Å². The van der Waals surface area contributed by atoms with Crippen molar-refractivity contribution in [3.05, 3.63) is 66.5 Å². The Labute approximate surface area is 169 Å². The second-order valence-electron chi connectivity index (χ2n) is 6.57. The minimum absolute atomic E-state index is 0.583. The van der Waals surface area contributed by atoms with E-state index in [9.17, 15) is 0 Å². The molecule has 7 heteroatoms. The fourth-order valence-corrected chi connectivity index (χ4v) is 3.16. The van der Waals surface area contributed by atoms with Crippen LogP contribution in [0.1, 0.15) is 12.5 Å². The lowest BCUT2D eigenvalue weighted by molar-refractivity contribution is 0.415. The summed E-state index contributed by atoms with van der Waals surface area (Å²) in [4.78, 5) is 13.9. The van der Waals surface area contributed by atoms with Gasteiger partial charge in [-0.15, -0.1) is 0 Å². The highest BCUT2D eigenvalue weighted by Crippen LogP contribution is 2.24. The molecule has 4 aromatic rings. The SMILES string of the molecule is CCNc1nc(NCCc2ccccc2)nc2c1ncn2-c1ccc(OC)cc1. The first kappa shape index (κ1) is 18.7. The summed E-state index contributed by atoms with van der Waals surface area (Å²) in [7, 11) is 1.66. The van der Waals surface area contributed by atoms with Gasteiger partial charge in [-0.1, -0.05) is 30.3 Å². The van der Waals surface area contributed by atoms with Crippen LogP contribution in [0, 0.1) is 0 Å². The normalized spacial score (nSPS) is 10.8. The number of nitrogens with one attached hydrogen (secondary N) is 2. The Hall–Kier alpha value is -3.61. The van der Waals surface area contributed by atoms with E-state index in [0.29, 0.717) is 5.95 Å². The van der Waals surface area contributed by atoms with E-state index in [1.165, 1.54) is 5.56 Å². The molecule has 0 aliphatic carbocycles. The summed E-state index contributed by atoms with van der Waals surface area (Å²) in [6.07, 6.45) is 2.67. The van der Waals surface area contributed by atoms with Gasteiger partial charge in [0.15, 0.2) is 17.0 Å². The Bertz CT molecular complexity index is 1080. The number of hydrogen-bond acceptors (Lipinski definition) is 6. The predicted octanol–water partition coefficient (Wildman–Crippen LogP) is 3.91. The van der Waals surface area contributed by atoms with E-state index in [1.807, 2.05) is 41.8 Å². The Morgan fingerprint density at radius 2 is 1.76 bits per heavy atom.